The number of nitrogens with zero attached hydrogens (tertiary/aromatic N) is 3. The molecule has 2 bridgehead atoms. The third kappa shape index (κ3) is 10.4. The lowest BCUT2D eigenvalue weighted by Crippen LogP contribution is -2.77. The second-order valence-corrected chi connectivity index (χ2v) is 18.7. The molecule has 4 aromatic carbocycles. The molecule has 1 saturated carbocycles. The van der Waals surface area contributed by atoms with Gasteiger partial charge in [0, 0.05) is 54.6 Å². The van der Waals surface area contributed by atoms with E-state index >= 15 is 0 Å². The predicted molar refractivity (Wildman–Crippen MR) is 266 cm³/mol. The Morgan fingerprint density at radius 1 is 0.795 bits per heavy atom. The topological polar surface area (TPSA) is 271 Å². The van der Waals surface area contributed by atoms with Crippen LogP contribution in [0.2, 0.25) is 0 Å². The number of ether oxygens (including phenoxy) is 4. The first kappa shape index (κ1) is 50.4. The fourth-order valence-corrected chi connectivity index (χ4v) is 10.9. The van der Waals surface area contributed by atoms with E-state index in [0.717, 1.165) is 28.8 Å². The van der Waals surface area contributed by atoms with E-state index in [9.17, 15) is 39.0 Å². The van der Waals surface area contributed by atoms with Crippen LogP contribution in [-0.4, -0.2) is 160 Å². The monoisotopic (exact) mass is 1000 g/mol. The number of aliphatic hydroxyl groups is 1. The Hall–Kier alpha value is -7.59. The lowest BCUT2D eigenvalue weighted by atomic mass is 9.48. The van der Waals surface area contributed by atoms with Crippen LogP contribution in [0.4, 0.5) is 16.2 Å². The van der Waals surface area contributed by atoms with Crippen molar-refractivity contribution in [3.63, 3.8) is 0 Å². The van der Waals surface area contributed by atoms with E-state index < -0.39 is 78.1 Å². The molecule has 4 aromatic rings. The van der Waals surface area contributed by atoms with E-state index in [-0.39, 0.29) is 51.2 Å². The summed E-state index contributed by atoms with van der Waals surface area (Å²) in [6.07, 6.45) is 0.354. The summed E-state index contributed by atoms with van der Waals surface area (Å²) < 4.78 is 22.8. The number of phenols is 1. The largest absolute Gasteiger partial charge is 0.504 e. The number of urea groups is 1. The van der Waals surface area contributed by atoms with Crippen molar-refractivity contribution in [2.45, 2.75) is 61.1 Å². The van der Waals surface area contributed by atoms with Crippen molar-refractivity contribution in [2.24, 2.45) is 4.99 Å². The Labute approximate surface area is 421 Å². The van der Waals surface area contributed by atoms with Gasteiger partial charge in [0.15, 0.2) is 11.5 Å². The molecule has 2 fully saturated rings. The quantitative estimate of drug-likeness (QED) is 0.0613. The Morgan fingerprint density at radius 2 is 1.48 bits per heavy atom. The van der Waals surface area contributed by atoms with Crippen LogP contribution >= 0.6 is 0 Å². The molecule has 1 saturated heterocycles. The van der Waals surface area contributed by atoms with Crippen LogP contribution in [0.25, 0.3) is 0 Å². The van der Waals surface area contributed by atoms with Crippen LogP contribution in [0, 0.1) is 0 Å². The summed E-state index contributed by atoms with van der Waals surface area (Å²) in [6, 6.07) is 25.7. The minimum Gasteiger partial charge on any atom is -0.504 e. The van der Waals surface area contributed by atoms with Crippen LogP contribution < -0.4 is 46.3 Å². The van der Waals surface area contributed by atoms with E-state index in [1.165, 1.54) is 4.90 Å². The maximum absolute atomic E-state index is 13.5. The van der Waals surface area contributed by atoms with E-state index in [1.54, 1.807) is 37.4 Å². The maximum atomic E-state index is 13.5. The van der Waals surface area contributed by atoms with Crippen LogP contribution in [0.15, 0.2) is 96.0 Å². The number of rotatable bonds is 19. The molecule has 3 aliphatic heterocycles. The van der Waals surface area contributed by atoms with Crippen molar-refractivity contribution in [1.82, 2.24) is 31.5 Å². The van der Waals surface area contributed by atoms with E-state index in [2.05, 4.69) is 36.8 Å². The van der Waals surface area contributed by atoms with Gasteiger partial charge in [-0.1, -0.05) is 60.7 Å². The molecule has 7 amide bonds. The Kier molecular flexibility index (Phi) is 14.9. The molecule has 6 atom stereocenters. The molecule has 9 rings (SSSR count). The van der Waals surface area contributed by atoms with E-state index in [1.807, 2.05) is 67.7 Å². The van der Waals surface area contributed by atoms with Gasteiger partial charge in [-0.25, -0.2) is 9.79 Å². The van der Waals surface area contributed by atoms with Crippen LogP contribution in [0.3, 0.4) is 0 Å². The first-order valence-electron chi connectivity index (χ1n) is 24.3. The fraction of sp³-hybridized carbons (Fsp3) is 0.404. The number of piperidine rings is 1. The number of carbonyl (C=O) groups is 6. The number of likely N-dealkylation sites (N-methyl/N-ethyl adjacent to an activating group) is 2. The molecule has 2 aliphatic carbocycles. The van der Waals surface area contributed by atoms with Gasteiger partial charge < -0.3 is 70.9 Å². The number of amides is 7. The predicted octanol–water partition coefficient (Wildman–Crippen LogP) is 1.08. The first-order valence-corrected chi connectivity index (χ1v) is 24.3. The number of anilines is 2. The highest BCUT2D eigenvalue weighted by molar-refractivity contribution is 6.20. The summed E-state index contributed by atoms with van der Waals surface area (Å²) in [4.78, 5) is 85.1. The number of benzene rings is 4. The molecule has 0 radical (unpaired) electrons. The third-order valence-electron chi connectivity index (χ3n) is 14.2. The highest BCUT2D eigenvalue weighted by atomic mass is 16.5. The summed E-state index contributed by atoms with van der Waals surface area (Å²) in [5.74, 6) is -1.55. The number of aliphatic imine (C=N–C) groups is 1. The second-order valence-electron chi connectivity index (χ2n) is 18.7. The minimum atomic E-state index is -1.21. The zero-order valence-electron chi connectivity index (χ0n) is 40.5. The van der Waals surface area contributed by atoms with Crippen LogP contribution in [0.1, 0.15) is 41.5 Å². The molecule has 0 aromatic heterocycles. The Morgan fingerprint density at radius 3 is 2.22 bits per heavy atom. The van der Waals surface area contributed by atoms with Gasteiger partial charge in [0.1, 0.15) is 44.9 Å². The van der Waals surface area contributed by atoms with E-state index in [0.29, 0.717) is 54.3 Å². The van der Waals surface area contributed by atoms with E-state index in [4.69, 9.17) is 23.9 Å². The Balaban J connectivity index is 0.624. The number of likely N-dealkylation sites (tertiary alicyclic amines) is 1. The third-order valence-corrected chi connectivity index (χ3v) is 14.2. The number of hydrogen-bond donors (Lipinski definition) is 8. The number of hydrogen-bond acceptors (Lipinski definition) is 14. The molecule has 73 heavy (non-hydrogen) atoms. The highest BCUT2D eigenvalue weighted by Gasteiger charge is 2.72. The number of phenolic OH excluding ortho intramolecular Hbond substituents is 1. The summed E-state index contributed by atoms with van der Waals surface area (Å²) >= 11 is 0. The lowest BCUT2D eigenvalue weighted by molar-refractivity contribution is -0.187. The molecule has 8 N–H and O–H groups in total. The average molecular weight is 1000 g/mol. The molecule has 21 nitrogen and oxygen atoms in total. The number of aromatic hydroxyl groups is 1. The van der Waals surface area contributed by atoms with Gasteiger partial charge in [0.2, 0.25) is 29.8 Å². The molecule has 384 valence electrons. The zero-order chi connectivity index (χ0) is 51.3. The smallest absolute Gasteiger partial charge is 0.321 e. The van der Waals surface area contributed by atoms with Crippen LogP contribution in [-0.2, 0) is 45.3 Å². The summed E-state index contributed by atoms with van der Waals surface area (Å²) in [5.41, 5.74) is 3.18. The number of carbonyl (C=O) groups excluding carboxylic acids is 6. The van der Waals surface area contributed by atoms with Crippen molar-refractivity contribution < 1.29 is 57.9 Å². The molecular weight excluding hydrogens is 943 g/mol. The van der Waals surface area contributed by atoms with Gasteiger partial charge >= 0.3 is 6.03 Å². The SMILES string of the molecule is CN1C(=O)[C@H](NC(=O)Nc2cccc(OCCNC(=O)COCC(=O)NCCNC(=O)COCC(=O)N[C@H]3CC[C@@]4(O)[C@H]5Cc6ccc(O)c7c6[C@@]4(CCN5C)[C@H]3O7)c2)N=C(c2ccccc2)c2ccccc21. The minimum absolute atomic E-state index is 0.0125. The number of nitrogens with one attached hydrogen (secondary N) is 6. The van der Waals surface area contributed by atoms with Gasteiger partial charge in [0.25, 0.3) is 5.91 Å². The standard InChI is InChI=1S/C52H59N9O12/c1-60-23-19-51-44-32-15-16-38(62)46(44)73-47(51)36(17-18-52(51,69)39(60)25-32)57-43(66)30-71-28-41(64)54-21-20-53-40(63)27-70-29-42(65)55-22-24-72-34-12-8-11-33(26-34)56-50(68)59-48-49(67)61(2)37-14-7-6-13-35(37)45(58-48)31-9-4-3-5-10-31/h3-16,26,36,39,47-48,62,69H,17-25,27-30H2,1-2H3,(H,53,63)(H,54,64)(H,55,65)(H,57,66)(H2,56,59,68)/t36-,39+,47-,48-,51-,52+/m0/s1. The normalized spacial score (nSPS) is 23.3. The molecular formula is C52H59N9O12. The summed E-state index contributed by atoms with van der Waals surface area (Å²) in [7, 11) is 3.65. The van der Waals surface area contributed by atoms with Crippen molar-refractivity contribution in [3.8, 4) is 17.2 Å². The second kappa shape index (κ2) is 21.6. The van der Waals surface area contributed by atoms with Gasteiger partial charge in [-0.05, 0) is 69.1 Å². The van der Waals surface area contributed by atoms with Gasteiger partial charge in [-0.3, -0.25) is 24.0 Å². The Bertz CT molecular complexity index is 2800. The summed E-state index contributed by atoms with van der Waals surface area (Å²) in [5, 5.41) is 39.3. The van der Waals surface area contributed by atoms with Crippen molar-refractivity contribution in [1.29, 1.82) is 0 Å². The van der Waals surface area contributed by atoms with Crippen molar-refractivity contribution >= 4 is 52.7 Å². The van der Waals surface area contributed by atoms with Crippen molar-refractivity contribution in [2.75, 3.05) is 83.5 Å². The van der Waals surface area contributed by atoms with Gasteiger partial charge in [-0.15, -0.1) is 0 Å². The maximum Gasteiger partial charge on any atom is 0.321 e. The van der Waals surface area contributed by atoms with Crippen molar-refractivity contribution in [3.05, 3.63) is 113 Å². The first-order chi connectivity index (χ1) is 35.2. The molecule has 21 heteroatoms. The van der Waals surface area contributed by atoms with Gasteiger partial charge in [0.05, 0.1) is 35.0 Å². The molecule has 3 heterocycles. The van der Waals surface area contributed by atoms with Crippen LogP contribution in [0.5, 0.6) is 17.2 Å². The van der Waals surface area contributed by atoms with Gasteiger partial charge in [-0.2, -0.15) is 0 Å². The molecule has 1 spiro atoms. The average Bonchev–Trinajstić information content (AvgIpc) is 3.70. The number of para-hydroxylation sites is 1. The fourth-order valence-electron chi connectivity index (χ4n) is 10.9. The zero-order valence-corrected chi connectivity index (χ0v) is 40.5. The summed E-state index contributed by atoms with van der Waals surface area (Å²) in [6.45, 7) is -0.501. The molecule has 5 aliphatic rings. The number of benzodiazepines with no additional fused rings is 1. The molecule has 0 unspecified atom stereocenters. The lowest BCUT2D eigenvalue weighted by Gasteiger charge is -2.63. The highest BCUT2D eigenvalue weighted by Crippen LogP contribution is 2.65. The number of fused-ring (bicyclic) bond motifs is 1.